The van der Waals surface area contributed by atoms with Crippen LogP contribution < -0.4 is 10.1 Å². The Morgan fingerprint density at radius 3 is 2.44 bits per heavy atom. The number of rotatable bonds is 10. The van der Waals surface area contributed by atoms with E-state index >= 15 is 0 Å². The van der Waals surface area contributed by atoms with Gasteiger partial charge in [-0.3, -0.25) is 9.59 Å². The van der Waals surface area contributed by atoms with Crippen LogP contribution in [-0.4, -0.2) is 35.4 Å². The lowest BCUT2D eigenvalue weighted by molar-refractivity contribution is -0.142. The molecule has 0 saturated heterocycles. The van der Waals surface area contributed by atoms with Crippen LogP contribution >= 0.6 is 39.1 Å². The first kappa shape index (κ1) is 26.5. The summed E-state index contributed by atoms with van der Waals surface area (Å²) in [5, 5.41) is 3.87. The Morgan fingerprint density at radius 1 is 1.12 bits per heavy atom. The highest BCUT2D eigenvalue weighted by molar-refractivity contribution is 9.10. The van der Waals surface area contributed by atoms with E-state index in [0.29, 0.717) is 21.4 Å². The first-order chi connectivity index (χ1) is 15.2. The molecule has 0 aromatic heterocycles. The van der Waals surface area contributed by atoms with E-state index in [1.807, 2.05) is 32.0 Å². The quantitative estimate of drug-likeness (QED) is 0.398. The van der Waals surface area contributed by atoms with E-state index in [4.69, 9.17) is 27.9 Å². The lowest BCUT2D eigenvalue weighted by Crippen LogP contribution is -2.50. The maximum absolute atomic E-state index is 13.2. The molecule has 2 atom stereocenters. The molecule has 8 heteroatoms. The molecule has 5 nitrogen and oxygen atoms in total. The summed E-state index contributed by atoms with van der Waals surface area (Å²) >= 11 is 15.8. The molecule has 2 amide bonds. The second kappa shape index (κ2) is 12.5. The Labute approximate surface area is 208 Å². The molecule has 1 N–H and O–H groups in total. The highest BCUT2D eigenvalue weighted by atomic mass is 79.9. The average Bonchev–Trinajstić information content (AvgIpc) is 2.76. The van der Waals surface area contributed by atoms with Crippen LogP contribution in [0.1, 0.15) is 45.2 Å². The predicted molar refractivity (Wildman–Crippen MR) is 133 cm³/mol. The lowest BCUT2D eigenvalue weighted by Gasteiger charge is -2.30. The lowest BCUT2D eigenvalue weighted by atomic mass is 10.1. The minimum Gasteiger partial charge on any atom is -0.483 e. The molecule has 0 unspecified atom stereocenters. The summed E-state index contributed by atoms with van der Waals surface area (Å²) in [6.45, 7) is 7.62. The number of aryl methyl sites for hydroxylation is 1. The molecule has 2 aromatic carbocycles. The minimum atomic E-state index is -0.710. The van der Waals surface area contributed by atoms with Crippen molar-refractivity contribution < 1.29 is 14.3 Å². The number of ether oxygens (including phenoxy) is 1. The zero-order valence-electron chi connectivity index (χ0n) is 18.8. The number of nitrogens with one attached hydrogen (secondary N) is 1. The van der Waals surface area contributed by atoms with Gasteiger partial charge in [0.05, 0.1) is 4.47 Å². The molecular formula is C24H29BrCl2N2O3. The predicted octanol–water partition coefficient (Wildman–Crippen LogP) is 6.03. The topological polar surface area (TPSA) is 58.6 Å². The number of carbonyl (C=O) groups is 2. The average molecular weight is 544 g/mol. The second-order valence-corrected chi connectivity index (χ2v) is 9.36. The summed E-state index contributed by atoms with van der Waals surface area (Å²) in [4.78, 5) is 27.4. The Hall–Kier alpha value is -1.76. The number of halogens is 3. The van der Waals surface area contributed by atoms with E-state index < -0.39 is 6.04 Å². The van der Waals surface area contributed by atoms with E-state index in [-0.39, 0.29) is 31.0 Å². The normalized spacial score (nSPS) is 12.7. The van der Waals surface area contributed by atoms with Crippen LogP contribution in [0.25, 0.3) is 0 Å². The third-order valence-electron chi connectivity index (χ3n) is 5.28. The van der Waals surface area contributed by atoms with E-state index in [9.17, 15) is 9.59 Å². The van der Waals surface area contributed by atoms with Gasteiger partial charge >= 0.3 is 0 Å². The molecule has 0 aliphatic heterocycles. The number of hydrogen-bond acceptors (Lipinski definition) is 3. The summed E-state index contributed by atoms with van der Waals surface area (Å²) in [6.07, 6.45) is 1.69. The third-order valence-corrected chi connectivity index (χ3v) is 6.49. The van der Waals surface area contributed by atoms with Gasteiger partial charge in [0, 0.05) is 22.6 Å². The molecule has 0 aliphatic rings. The van der Waals surface area contributed by atoms with Crippen molar-refractivity contribution in [1.29, 1.82) is 0 Å². The molecule has 0 heterocycles. The summed E-state index contributed by atoms with van der Waals surface area (Å²) in [5.41, 5.74) is 1.85. The zero-order valence-corrected chi connectivity index (χ0v) is 21.9. The number of nitrogens with zero attached hydrogens (tertiary/aromatic N) is 1. The smallest absolute Gasteiger partial charge is 0.261 e. The van der Waals surface area contributed by atoms with Gasteiger partial charge < -0.3 is 15.0 Å². The van der Waals surface area contributed by atoms with Crippen molar-refractivity contribution in [2.24, 2.45) is 0 Å². The van der Waals surface area contributed by atoms with Gasteiger partial charge in [-0.15, -0.1) is 0 Å². The van der Waals surface area contributed by atoms with Gasteiger partial charge in [0.25, 0.3) is 5.91 Å². The molecule has 0 aliphatic carbocycles. The van der Waals surface area contributed by atoms with Crippen molar-refractivity contribution in [1.82, 2.24) is 10.2 Å². The van der Waals surface area contributed by atoms with Gasteiger partial charge in [-0.25, -0.2) is 0 Å². The van der Waals surface area contributed by atoms with Crippen molar-refractivity contribution >= 4 is 50.9 Å². The molecule has 0 spiro atoms. The number of carbonyl (C=O) groups excluding carboxylic acids is 2. The van der Waals surface area contributed by atoms with Crippen LogP contribution in [0.2, 0.25) is 10.0 Å². The van der Waals surface area contributed by atoms with E-state index in [0.717, 1.165) is 22.9 Å². The van der Waals surface area contributed by atoms with E-state index in [1.165, 1.54) is 4.90 Å². The summed E-state index contributed by atoms with van der Waals surface area (Å²) in [5.74, 6) is 0.0114. The Bertz CT molecular complexity index is 955. The highest BCUT2D eigenvalue weighted by Crippen LogP contribution is 2.27. The minimum absolute atomic E-state index is 0.00491. The third kappa shape index (κ3) is 7.39. The molecule has 0 radical (unpaired) electrons. The van der Waals surface area contributed by atoms with Gasteiger partial charge in [-0.05, 0) is 78.0 Å². The van der Waals surface area contributed by atoms with Crippen LogP contribution in [0.4, 0.5) is 0 Å². The van der Waals surface area contributed by atoms with Gasteiger partial charge in [0.2, 0.25) is 5.91 Å². The van der Waals surface area contributed by atoms with Crippen LogP contribution in [0.15, 0.2) is 40.9 Å². The fraction of sp³-hybridized carbons (Fsp3) is 0.417. The fourth-order valence-electron chi connectivity index (χ4n) is 2.99. The van der Waals surface area contributed by atoms with Gasteiger partial charge in [0.1, 0.15) is 11.8 Å². The Balaban J connectivity index is 2.21. The maximum atomic E-state index is 13.2. The first-order valence-corrected chi connectivity index (χ1v) is 12.2. The van der Waals surface area contributed by atoms with Gasteiger partial charge in [-0.1, -0.05) is 49.2 Å². The Morgan fingerprint density at radius 2 is 1.84 bits per heavy atom. The molecule has 0 bridgehead atoms. The number of benzene rings is 2. The van der Waals surface area contributed by atoms with Crippen LogP contribution in [-0.2, 0) is 22.6 Å². The number of hydrogen-bond donors (Lipinski definition) is 1. The van der Waals surface area contributed by atoms with Crippen molar-refractivity contribution in [3.8, 4) is 5.75 Å². The number of amides is 2. The summed E-state index contributed by atoms with van der Waals surface area (Å²) in [6, 6.07) is 10.1. The van der Waals surface area contributed by atoms with Gasteiger partial charge in [-0.2, -0.15) is 0 Å². The molecule has 2 rings (SSSR count). The van der Waals surface area contributed by atoms with Crippen molar-refractivity contribution in [3.05, 3.63) is 62.0 Å². The van der Waals surface area contributed by atoms with Crippen molar-refractivity contribution in [2.45, 2.75) is 59.2 Å². The van der Waals surface area contributed by atoms with Crippen LogP contribution in [0, 0.1) is 0 Å². The highest BCUT2D eigenvalue weighted by Gasteiger charge is 2.28. The van der Waals surface area contributed by atoms with Crippen LogP contribution in [0.5, 0.6) is 5.75 Å². The zero-order chi connectivity index (χ0) is 23.8. The Kier molecular flexibility index (Phi) is 10.3. The standard InChI is InChI=1S/C24H29BrCl2N2O3/c1-5-15(3)28-24(31)16(4)29(13-18-8-9-19(26)12-21(18)27)23(30)14-32-22-10-7-17(6-2)11-20(22)25/h7-12,15-16H,5-6,13-14H2,1-4H3,(H,28,31)/t15-,16-/m0/s1. The molecule has 174 valence electrons. The summed E-state index contributed by atoms with van der Waals surface area (Å²) in [7, 11) is 0. The first-order valence-electron chi connectivity index (χ1n) is 10.6. The van der Waals surface area contributed by atoms with E-state index in [1.54, 1.807) is 25.1 Å². The fourth-order valence-corrected chi connectivity index (χ4v) is 3.99. The second-order valence-electron chi connectivity index (χ2n) is 7.66. The molecule has 32 heavy (non-hydrogen) atoms. The molecule has 0 saturated carbocycles. The molecule has 0 fully saturated rings. The van der Waals surface area contributed by atoms with Crippen LogP contribution in [0.3, 0.4) is 0 Å². The van der Waals surface area contributed by atoms with E-state index in [2.05, 4.69) is 28.2 Å². The maximum Gasteiger partial charge on any atom is 0.261 e. The SMILES string of the molecule is CCc1ccc(OCC(=O)N(Cc2ccc(Cl)cc2Cl)[C@@H](C)C(=O)N[C@@H](C)CC)c(Br)c1. The van der Waals surface area contributed by atoms with Crippen molar-refractivity contribution in [3.63, 3.8) is 0 Å². The van der Waals surface area contributed by atoms with Gasteiger partial charge in [0.15, 0.2) is 6.61 Å². The summed E-state index contributed by atoms with van der Waals surface area (Å²) < 4.78 is 6.55. The largest absolute Gasteiger partial charge is 0.483 e. The van der Waals surface area contributed by atoms with Crippen molar-refractivity contribution in [2.75, 3.05) is 6.61 Å². The molecular weight excluding hydrogens is 515 g/mol. The monoisotopic (exact) mass is 542 g/mol. The molecule has 2 aromatic rings.